The van der Waals surface area contributed by atoms with Crippen molar-refractivity contribution in [3.05, 3.63) is 42.0 Å². The topological polar surface area (TPSA) is 9.23 Å². The molecule has 0 bridgehead atoms. The number of benzene rings is 1. The maximum atomic E-state index is 5.23. The molecular weight excluding hydrogens is 224 g/mol. The van der Waals surface area contributed by atoms with Crippen LogP contribution in [0.1, 0.15) is 12.0 Å². The second kappa shape index (κ2) is 6.06. The zero-order chi connectivity index (χ0) is 12.9. The van der Waals surface area contributed by atoms with Gasteiger partial charge in [0, 0.05) is 8.07 Å². The Hall–Kier alpha value is -1.02. The molecule has 0 saturated heterocycles. The van der Waals surface area contributed by atoms with Crippen LogP contribution in [0.5, 0.6) is 5.75 Å². The van der Waals surface area contributed by atoms with E-state index in [0.717, 1.165) is 18.6 Å². The van der Waals surface area contributed by atoms with Gasteiger partial charge in [-0.25, -0.2) is 0 Å². The van der Waals surface area contributed by atoms with E-state index in [4.69, 9.17) is 4.74 Å². The highest BCUT2D eigenvalue weighted by Crippen LogP contribution is 2.20. The molecule has 17 heavy (non-hydrogen) atoms. The Morgan fingerprint density at radius 1 is 1.29 bits per heavy atom. The smallest absolute Gasteiger partial charge is 0.119 e. The third kappa shape index (κ3) is 5.73. The molecule has 0 N–H and O–H groups in total. The van der Waals surface area contributed by atoms with Crippen LogP contribution in [0, 0.1) is 0 Å². The molecule has 1 rings (SSSR count). The molecule has 0 heterocycles. The number of ether oxygens (including phenoxy) is 1. The fourth-order valence-electron chi connectivity index (χ4n) is 1.99. The summed E-state index contributed by atoms with van der Waals surface area (Å²) in [4.78, 5) is 0. The van der Waals surface area contributed by atoms with Crippen LogP contribution < -0.4 is 4.74 Å². The van der Waals surface area contributed by atoms with Gasteiger partial charge in [0.1, 0.15) is 5.75 Å². The second-order valence-corrected chi connectivity index (χ2v) is 11.3. The molecule has 0 aliphatic rings. The van der Waals surface area contributed by atoms with Gasteiger partial charge in [-0.3, -0.25) is 0 Å². The number of rotatable bonds is 6. The Bertz CT molecular complexity index is 377. The minimum absolute atomic E-state index is 0.943. The molecule has 0 saturated carbocycles. The van der Waals surface area contributed by atoms with Gasteiger partial charge in [-0.05, 0) is 36.6 Å². The summed E-state index contributed by atoms with van der Waals surface area (Å²) in [6.45, 7) is 11.4. The lowest BCUT2D eigenvalue weighted by Gasteiger charge is -2.17. The summed E-state index contributed by atoms with van der Waals surface area (Å²) in [5, 5.41) is 0. The van der Waals surface area contributed by atoms with Crippen molar-refractivity contribution in [2.45, 2.75) is 38.5 Å². The van der Waals surface area contributed by atoms with Crippen molar-refractivity contribution < 1.29 is 4.74 Å². The van der Waals surface area contributed by atoms with Crippen molar-refractivity contribution in [3.8, 4) is 5.75 Å². The van der Waals surface area contributed by atoms with Crippen molar-refractivity contribution in [2.24, 2.45) is 0 Å². The first kappa shape index (κ1) is 14.0. The van der Waals surface area contributed by atoms with Crippen LogP contribution in [0.3, 0.4) is 0 Å². The molecule has 0 radical (unpaired) electrons. The van der Waals surface area contributed by atoms with Gasteiger partial charge in [-0.2, -0.15) is 0 Å². The Morgan fingerprint density at radius 3 is 2.59 bits per heavy atom. The molecule has 1 aromatic carbocycles. The van der Waals surface area contributed by atoms with E-state index >= 15 is 0 Å². The summed E-state index contributed by atoms with van der Waals surface area (Å²) in [6, 6.07) is 9.54. The fourth-order valence-corrected chi connectivity index (χ4v) is 3.66. The Kier molecular flexibility index (Phi) is 5.00. The molecule has 0 unspecified atom stereocenters. The molecule has 1 aromatic rings. The third-order valence-electron chi connectivity index (χ3n) is 2.68. The van der Waals surface area contributed by atoms with Crippen LogP contribution in [-0.2, 0) is 6.42 Å². The van der Waals surface area contributed by atoms with Crippen LogP contribution in [0.4, 0.5) is 0 Å². The van der Waals surface area contributed by atoms with E-state index < -0.39 is 8.07 Å². The molecule has 1 nitrogen and oxygen atoms in total. The maximum Gasteiger partial charge on any atom is 0.119 e. The standard InChI is InChI=1S/C15H24OSi/c1-13(12-17(3,4)5)9-10-14-7-6-8-15(11-14)16-2/h6-8,11H,1,9-10,12H2,2-5H3. The first-order valence-corrected chi connectivity index (χ1v) is 9.91. The predicted octanol–water partition coefficient (Wildman–Crippen LogP) is 4.52. The van der Waals surface area contributed by atoms with E-state index in [1.807, 2.05) is 6.07 Å². The Labute approximate surface area is 107 Å². The molecule has 0 amide bonds. The monoisotopic (exact) mass is 248 g/mol. The highest BCUT2D eigenvalue weighted by Gasteiger charge is 2.14. The van der Waals surface area contributed by atoms with E-state index in [2.05, 4.69) is 44.4 Å². The molecule has 0 fully saturated rings. The average molecular weight is 248 g/mol. The summed E-state index contributed by atoms with van der Waals surface area (Å²) < 4.78 is 5.23. The number of allylic oxidation sites excluding steroid dienone is 1. The lowest BCUT2D eigenvalue weighted by molar-refractivity contribution is 0.414. The van der Waals surface area contributed by atoms with Crippen molar-refractivity contribution in [1.82, 2.24) is 0 Å². The van der Waals surface area contributed by atoms with Crippen LogP contribution >= 0.6 is 0 Å². The third-order valence-corrected chi connectivity index (χ3v) is 4.24. The zero-order valence-electron chi connectivity index (χ0n) is 11.5. The summed E-state index contributed by atoms with van der Waals surface area (Å²) in [5.41, 5.74) is 2.73. The maximum absolute atomic E-state index is 5.23. The Balaban J connectivity index is 2.47. The molecule has 2 heteroatoms. The average Bonchev–Trinajstić information content (AvgIpc) is 2.24. The van der Waals surface area contributed by atoms with E-state index in [-0.39, 0.29) is 0 Å². The van der Waals surface area contributed by atoms with Gasteiger partial charge in [0.15, 0.2) is 0 Å². The number of methoxy groups -OCH3 is 1. The normalized spacial score (nSPS) is 11.3. The van der Waals surface area contributed by atoms with E-state index in [9.17, 15) is 0 Å². The van der Waals surface area contributed by atoms with Gasteiger partial charge in [0.05, 0.1) is 7.11 Å². The van der Waals surface area contributed by atoms with Crippen LogP contribution in [-0.4, -0.2) is 15.2 Å². The van der Waals surface area contributed by atoms with Crippen LogP contribution in [0.2, 0.25) is 25.7 Å². The van der Waals surface area contributed by atoms with Crippen molar-refractivity contribution in [1.29, 1.82) is 0 Å². The second-order valence-electron chi connectivity index (χ2n) is 5.84. The largest absolute Gasteiger partial charge is 0.497 e. The SMILES string of the molecule is C=C(CCc1cccc(OC)c1)C[Si](C)(C)C. The molecule has 0 aliphatic carbocycles. The number of aryl methyl sites for hydroxylation is 1. The first-order chi connectivity index (χ1) is 7.90. The van der Waals surface area contributed by atoms with Crippen LogP contribution in [0.25, 0.3) is 0 Å². The van der Waals surface area contributed by atoms with Gasteiger partial charge in [0.25, 0.3) is 0 Å². The van der Waals surface area contributed by atoms with Crippen LogP contribution in [0.15, 0.2) is 36.4 Å². The lowest BCUT2D eigenvalue weighted by atomic mass is 10.1. The summed E-state index contributed by atoms with van der Waals surface area (Å²) in [7, 11) is 0.711. The minimum Gasteiger partial charge on any atom is -0.497 e. The molecule has 0 aliphatic heterocycles. The summed E-state index contributed by atoms with van der Waals surface area (Å²) in [6.07, 6.45) is 2.16. The van der Waals surface area contributed by atoms with Gasteiger partial charge in [-0.1, -0.05) is 37.3 Å². The summed E-state index contributed by atoms with van der Waals surface area (Å²) >= 11 is 0. The Morgan fingerprint density at radius 2 is 2.00 bits per heavy atom. The minimum atomic E-state index is -1.00. The predicted molar refractivity (Wildman–Crippen MR) is 78.6 cm³/mol. The number of hydrogen-bond donors (Lipinski definition) is 0. The van der Waals surface area contributed by atoms with Crippen molar-refractivity contribution in [3.63, 3.8) is 0 Å². The van der Waals surface area contributed by atoms with E-state index in [1.54, 1.807) is 7.11 Å². The molecule has 0 atom stereocenters. The zero-order valence-corrected chi connectivity index (χ0v) is 12.5. The molecular formula is C15H24OSi. The van der Waals surface area contributed by atoms with Crippen molar-refractivity contribution in [2.75, 3.05) is 7.11 Å². The highest BCUT2D eigenvalue weighted by atomic mass is 28.3. The van der Waals surface area contributed by atoms with Gasteiger partial charge in [-0.15, -0.1) is 6.58 Å². The highest BCUT2D eigenvalue weighted by molar-refractivity contribution is 6.76. The van der Waals surface area contributed by atoms with Gasteiger partial charge in [0.2, 0.25) is 0 Å². The van der Waals surface area contributed by atoms with Gasteiger partial charge >= 0.3 is 0 Å². The molecule has 0 aromatic heterocycles. The molecule has 94 valence electrons. The number of hydrogen-bond acceptors (Lipinski definition) is 1. The molecule has 0 spiro atoms. The van der Waals surface area contributed by atoms with E-state index in [1.165, 1.54) is 17.2 Å². The summed E-state index contributed by atoms with van der Waals surface area (Å²) in [5.74, 6) is 0.943. The quantitative estimate of drug-likeness (QED) is 0.531. The van der Waals surface area contributed by atoms with Gasteiger partial charge < -0.3 is 4.74 Å². The lowest BCUT2D eigenvalue weighted by Crippen LogP contribution is -2.19. The van der Waals surface area contributed by atoms with E-state index in [0.29, 0.717) is 0 Å². The fraction of sp³-hybridized carbons (Fsp3) is 0.467. The first-order valence-electron chi connectivity index (χ1n) is 6.20. The van der Waals surface area contributed by atoms with Crippen molar-refractivity contribution >= 4 is 8.07 Å².